The lowest BCUT2D eigenvalue weighted by molar-refractivity contribution is -0.163. The molecular weight excluding hydrogens is 172 g/mol. The summed E-state index contributed by atoms with van der Waals surface area (Å²) in [6, 6.07) is 0. The predicted octanol–water partition coefficient (Wildman–Crippen LogP) is 1.11. The van der Waals surface area contributed by atoms with Gasteiger partial charge in [0.15, 0.2) is 6.10 Å². The van der Waals surface area contributed by atoms with E-state index in [1.165, 1.54) is 0 Å². The maximum Gasteiger partial charge on any atom is 0.335 e. The molecule has 0 aromatic carbocycles. The first kappa shape index (κ1) is 12.1. The summed E-state index contributed by atoms with van der Waals surface area (Å²) in [6.45, 7) is 7.69. The van der Waals surface area contributed by atoms with Crippen LogP contribution in [0.2, 0.25) is 0 Å². The highest BCUT2D eigenvalue weighted by Crippen LogP contribution is 1.94. The van der Waals surface area contributed by atoms with Gasteiger partial charge in [-0.25, -0.2) is 4.79 Å². The Morgan fingerprint density at radius 2 is 2.31 bits per heavy atom. The maximum absolute atomic E-state index is 11.0. The predicted molar refractivity (Wildman–Crippen MR) is 48.2 cm³/mol. The number of rotatable bonds is 7. The summed E-state index contributed by atoms with van der Waals surface area (Å²) in [6.07, 6.45) is 1.03. The number of hydrogen-bond donors (Lipinski definition) is 0. The summed E-state index contributed by atoms with van der Waals surface area (Å²) in [5.41, 5.74) is 0. The average molecular weight is 188 g/mol. The van der Waals surface area contributed by atoms with E-state index in [9.17, 15) is 4.79 Å². The molecule has 4 nitrogen and oxygen atoms in total. The molecule has 76 valence electrons. The maximum atomic E-state index is 11.0. The highest BCUT2D eigenvalue weighted by atomic mass is 16.7. The minimum Gasteiger partial charge on any atom is -0.464 e. The Bertz CT molecular complexity index is 156. The van der Waals surface area contributed by atoms with Crippen LogP contribution in [-0.4, -0.2) is 32.1 Å². The lowest BCUT2D eigenvalue weighted by Gasteiger charge is -2.11. The Morgan fingerprint density at radius 1 is 1.62 bits per heavy atom. The van der Waals surface area contributed by atoms with Gasteiger partial charge in [-0.3, -0.25) is 0 Å². The minimum absolute atomic E-state index is 0.0754. The molecular formula is C9H16O4. The largest absolute Gasteiger partial charge is 0.464 e. The van der Waals surface area contributed by atoms with Crippen molar-refractivity contribution in [3.05, 3.63) is 12.7 Å². The van der Waals surface area contributed by atoms with Gasteiger partial charge in [0, 0.05) is 0 Å². The number of carbonyl (C=O) groups is 1. The van der Waals surface area contributed by atoms with E-state index in [-0.39, 0.29) is 12.8 Å². The smallest absolute Gasteiger partial charge is 0.335 e. The molecule has 1 atom stereocenters. The van der Waals surface area contributed by atoms with E-state index in [1.54, 1.807) is 19.9 Å². The zero-order valence-electron chi connectivity index (χ0n) is 8.12. The second-order valence-electron chi connectivity index (χ2n) is 2.34. The fourth-order valence-corrected chi connectivity index (χ4v) is 0.609. The first-order valence-corrected chi connectivity index (χ1v) is 4.19. The Balaban J connectivity index is 3.43. The molecule has 0 unspecified atom stereocenters. The van der Waals surface area contributed by atoms with Crippen molar-refractivity contribution in [3.63, 3.8) is 0 Å². The second-order valence-corrected chi connectivity index (χ2v) is 2.34. The molecule has 0 N–H and O–H groups in total. The zero-order chi connectivity index (χ0) is 10.1. The van der Waals surface area contributed by atoms with E-state index < -0.39 is 6.10 Å². The highest BCUT2D eigenvalue weighted by Gasteiger charge is 2.13. The van der Waals surface area contributed by atoms with Crippen molar-refractivity contribution in [2.24, 2.45) is 0 Å². The first-order chi connectivity index (χ1) is 6.22. The lowest BCUT2D eigenvalue weighted by atomic mass is 10.4. The second kappa shape index (κ2) is 7.76. The van der Waals surface area contributed by atoms with Gasteiger partial charge in [-0.15, -0.1) is 6.58 Å². The van der Waals surface area contributed by atoms with Gasteiger partial charge >= 0.3 is 5.97 Å². The van der Waals surface area contributed by atoms with Crippen LogP contribution in [0.1, 0.15) is 13.8 Å². The van der Waals surface area contributed by atoms with Crippen LogP contribution in [-0.2, 0) is 19.0 Å². The summed E-state index contributed by atoms with van der Waals surface area (Å²) < 4.78 is 14.7. The monoisotopic (exact) mass is 188 g/mol. The first-order valence-electron chi connectivity index (χ1n) is 4.19. The van der Waals surface area contributed by atoms with Crippen LogP contribution in [0.25, 0.3) is 0 Å². The standard InChI is InChI=1S/C9H16O4/c1-4-6-11-7-13-8(3)9(10)12-5-2/h4,8H,1,5-7H2,2-3H3/t8-/m0/s1. The van der Waals surface area contributed by atoms with Gasteiger partial charge < -0.3 is 14.2 Å². The van der Waals surface area contributed by atoms with E-state index >= 15 is 0 Å². The zero-order valence-corrected chi connectivity index (χ0v) is 8.12. The normalized spacial score (nSPS) is 12.2. The van der Waals surface area contributed by atoms with E-state index in [0.717, 1.165) is 0 Å². The van der Waals surface area contributed by atoms with Gasteiger partial charge in [0.05, 0.1) is 13.2 Å². The molecule has 0 aliphatic carbocycles. The number of carbonyl (C=O) groups excluding carboxylic acids is 1. The number of hydrogen-bond acceptors (Lipinski definition) is 4. The molecule has 0 saturated carbocycles. The third-order valence-corrected chi connectivity index (χ3v) is 1.26. The van der Waals surface area contributed by atoms with Gasteiger partial charge in [0.2, 0.25) is 0 Å². The summed E-state index contributed by atoms with van der Waals surface area (Å²) in [5.74, 6) is -0.371. The molecule has 0 aromatic heterocycles. The number of esters is 1. The molecule has 0 heterocycles. The van der Waals surface area contributed by atoms with E-state index in [2.05, 4.69) is 6.58 Å². The molecule has 13 heavy (non-hydrogen) atoms. The molecule has 0 spiro atoms. The molecule has 0 aliphatic heterocycles. The van der Waals surface area contributed by atoms with Gasteiger partial charge in [0.1, 0.15) is 6.79 Å². The van der Waals surface area contributed by atoms with Crippen molar-refractivity contribution in [2.75, 3.05) is 20.0 Å². The van der Waals surface area contributed by atoms with Crippen molar-refractivity contribution >= 4 is 5.97 Å². The van der Waals surface area contributed by atoms with Crippen molar-refractivity contribution in [1.29, 1.82) is 0 Å². The van der Waals surface area contributed by atoms with Crippen LogP contribution in [0.5, 0.6) is 0 Å². The molecule has 0 aliphatic rings. The fourth-order valence-electron chi connectivity index (χ4n) is 0.609. The molecule has 0 rings (SSSR count). The Hall–Kier alpha value is -0.870. The Kier molecular flexibility index (Phi) is 7.24. The Morgan fingerprint density at radius 3 is 2.85 bits per heavy atom. The molecule has 4 heteroatoms. The summed E-state index contributed by atoms with van der Waals surface area (Å²) in [4.78, 5) is 11.0. The van der Waals surface area contributed by atoms with Gasteiger partial charge in [-0.05, 0) is 13.8 Å². The summed E-state index contributed by atoms with van der Waals surface area (Å²) in [7, 11) is 0. The molecule has 0 saturated heterocycles. The molecule has 0 aromatic rings. The minimum atomic E-state index is -0.579. The number of ether oxygens (including phenoxy) is 3. The van der Waals surface area contributed by atoms with Crippen molar-refractivity contribution in [2.45, 2.75) is 20.0 Å². The Labute approximate surface area is 78.5 Å². The van der Waals surface area contributed by atoms with Crippen LogP contribution in [0, 0.1) is 0 Å². The van der Waals surface area contributed by atoms with Crippen molar-refractivity contribution in [1.82, 2.24) is 0 Å². The summed E-state index contributed by atoms with van der Waals surface area (Å²) in [5, 5.41) is 0. The molecule has 0 fully saturated rings. The fraction of sp³-hybridized carbons (Fsp3) is 0.667. The van der Waals surface area contributed by atoms with Gasteiger partial charge in [0.25, 0.3) is 0 Å². The van der Waals surface area contributed by atoms with Crippen LogP contribution in [0.15, 0.2) is 12.7 Å². The quantitative estimate of drug-likeness (QED) is 0.260. The van der Waals surface area contributed by atoms with Crippen molar-refractivity contribution in [3.8, 4) is 0 Å². The van der Waals surface area contributed by atoms with Gasteiger partial charge in [-0.1, -0.05) is 6.08 Å². The van der Waals surface area contributed by atoms with Crippen LogP contribution in [0.3, 0.4) is 0 Å². The topological polar surface area (TPSA) is 44.8 Å². The SMILES string of the molecule is C=CCOCO[C@@H](C)C(=O)OCC. The third-order valence-electron chi connectivity index (χ3n) is 1.26. The lowest BCUT2D eigenvalue weighted by Crippen LogP contribution is -2.24. The molecule has 0 radical (unpaired) electrons. The van der Waals surface area contributed by atoms with E-state index in [1.807, 2.05) is 0 Å². The molecule has 0 bridgehead atoms. The third kappa shape index (κ3) is 6.31. The van der Waals surface area contributed by atoms with Crippen LogP contribution in [0.4, 0.5) is 0 Å². The average Bonchev–Trinajstić information content (AvgIpc) is 2.12. The van der Waals surface area contributed by atoms with E-state index in [4.69, 9.17) is 14.2 Å². The van der Waals surface area contributed by atoms with E-state index in [0.29, 0.717) is 13.2 Å². The van der Waals surface area contributed by atoms with Crippen LogP contribution >= 0.6 is 0 Å². The molecule has 0 amide bonds. The summed E-state index contributed by atoms with van der Waals surface area (Å²) >= 11 is 0. The van der Waals surface area contributed by atoms with Crippen LogP contribution < -0.4 is 0 Å². The van der Waals surface area contributed by atoms with Gasteiger partial charge in [-0.2, -0.15) is 0 Å². The highest BCUT2D eigenvalue weighted by molar-refractivity contribution is 5.74. The van der Waals surface area contributed by atoms with Crippen molar-refractivity contribution < 1.29 is 19.0 Å².